The number of hydrazine groups is 1. The standard InChI is InChI=1S/C21H30N4O3/c1-21(2,3)25-18-11-13-23(20(27)28)12-10-16(18)14-24(25)17-8-6-15(7-9-17)19(26)22(4)5/h6-9H,10-14H2,1-5H3,(H,27,28). The van der Waals surface area contributed by atoms with Gasteiger partial charge in [0.1, 0.15) is 0 Å². The van der Waals surface area contributed by atoms with E-state index in [0.717, 1.165) is 18.7 Å². The smallest absolute Gasteiger partial charge is 0.407 e. The second-order valence-electron chi connectivity index (χ2n) is 8.61. The highest BCUT2D eigenvalue weighted by atomic mass is 16.4. The second-order valence-corrected chi connectivity index (χ2v) is 8.61. The number of benzene rings is 1. The average Bonchev–Trinajstić information content (AvgIpc) is 2.87. The van der Waals surface area contributed by atoms with E-state index in [-0.39, 0.29) is 11.4 Å². The lowest BCUT2D eigenvalue weighted by Gasteiger charge is -2.44. The van der Waals surface area contributed by atoms with Crippen LogP contribution in [0.1, 0.15) is 44.0 Å². The first-order valence-electron chi connectivity index (χ1n) is 9.68. The van der Waals surface area contributed by atoms with Crippen molar-refractivity contribution in [1.29, 1.82) is 0 Å². The van der Waals surface area contributed by atoms with E-state index in [2.05, 4.69) is 30.8 Å². The number of carbonyl (C=O) groups excluding carboxylic acids is 1. The van der Waals surface area contributed by atoms with Crippen LogP contribution < -0.4 is 5.01 Å². The molecular formula is C21H30N4O3. The number of amides is 2. The van der Waals surface area contributed by atoms with E-state index in [1.807, 2.05) is 24.3 Å². The van der Waals surface area contributed by atoms with Gasteiger partial charge < -0.3 is 14.9 Å². The van der Waals surface area contributed by atoms with Crippen LogP contribution in [-0.4, -0.2) is 71.2 Å². The van der Waals surface area contributed by atoms with Gasteiger partial charge >= 0.3 is 6.09 Å². The second kappa shape index (κ2) is 7.37. The van der Waals surface area contributed by atoms with Gasteiger partial charge in [0.05, 0.1) is 17.8 Å². The molecule has 0 aliphatic carbocycles. The molecule has 1 N–H and O–H groups in total. The molecule has 0 radical (unpaired) electrons. The van der Waals surface area contributed by atoms with Crippen molar-refractivity contribution in [3.63, 3.8) is 0 Å². The van der Waals surface area contributed by atoms with Crippen molar-refractivity contribution in [3.05, 3.63) is 41.1 Å². The molecule has 2 aliphatic rings. The lowest BCUT2D eigenvalue weighted by atomic mass is 10.0. The predicted octanol–water partition coefficient (Wildman–Crippen LogP) is 3.25. The maximum Gasteiger partial charge on any atom is 0.407 e. The number of anilines is 1. The first-order valence-corrected chi connectivity index (χ1v) is 9.68. The quantitative estimate of drug-likeness (QED) is 0.845. The van der Waals surface area contributed by atoms with Gasteiger partial charge in [0.2, 0.25) is 0 Å². The summed E-state index contributed by atoms with van der Waals surface area (Å²) in [5, 5.41) is 13.9. The van der Waals surface area contributed by atoms with Crippen LogP contribution in [-0.2, 0) is 0 Å². The fraction of sp³-hybridized carbons (Fsp3) is 0.524. The summed E-state index contributed by atoms with van der Waals surface area (Å²) in [6.45, 7) is 8.31. The molecule has 1 aromatic carbocycles. The lowest BCUT2D eigenvalue weighted by Crippen LogP contribution is -2.50. The molecule has 0 bridgehead atoms. The Morgan fingerprint density at radius 3 is 2.18 bits per heavy atom. The van der Waals surface area contributed by atoms with Crippen LogP contribution >= 0.6 is 0 Å². The van der Waals surface area contributed by atoms with Crippen molar-refractivity contribution < 1.29 is 14.7 Å². The van der Waals surface area contributed by atoms with Gasteiger partial charge in [0.25, 0.3) is 5.91 Å². The van der Waals surface area contributed by atoms with E-state index in [0.29, 0.717) is 25.1 Å². The number of nitrogens with zero attached hydrogens (tertiary/aromatic N) is 4. The third-order valence-electron chi connectivity index (χ3n) is 5.27. The highest BCUT2D eigenvalue weighted by Gasteiger charge is 2.38. The number of rotatable bonds is 2. The Labute approximate surface area is 166 Å². The minimum atomic E-state index is -0.846. The lowest BCUT2D eigenvalue weighted by molar-refractivity contribution is 0.0827. The van der Waals surface area contributed by atoms with Gasteiger partial charge in [-0.25, -0.2) is 4.79 Å². The number of hydrogen-bond acceptors (Lipinski definition) is 4. The Bertz CT molecular complexity index is 793. The summed E-state index contributed by atoms with van der Waals surface area (Å²) in [4.78, 5) is 26.6. The fourth-order valence-corrected chi connectivity index (χ4v) is 3.97. The normalized spacial score (nSPS) is 17.5. The first kappa shape index (κ1) is 20.0. The van der Waals surface area contributed by atoms with Crippen molar-refractivity contribution in [2.75, 3.05) is 38.7 Å². The molecule has 2 amide bonds. The van der Waals surface area contributed by atoms with Crippen LogP contribution in [0.3, 0.4) is 0 Å². The molecular weight excluding hydrogens is 356 g/mol. The molecule has 2 heterocycles. The molecule has 0 atom stereocenters. The fourth-order valence-electron chi connectivity index (χ4n) is 3.97. The van der Waals surface area contributed by atoms with Crippen LogP contribution in [0.4, 0.5) is 10.5 Å². The zero-order chi connectivity index (χ0) is 20.6. The summed E-state index contributed by atoms with van der Waals surface area (Å²) in [5.41, 5.74) is 4.08. The Hall–Kier alpha value is -2.70. The maximum absolute atomic E-state index is 12.2. The molecule has 0 aromatic heterocycles. The van der Waals surface area contributed by atoms with Gasteiger partial charge in [-0.3, -0.25) is 14.8 Å². The van der Waals surface area contributed by atoms with E-state index in [1.165, 1.54) is 16.2 Å². The van der Waals surface area contributed by atoms with Crippen molar-refractivity contribution in [2.45, 2.75) is 39.2 Å². The maximum atomic E-state index is 12.2. The third-order valence-corrected chi connectivity index (χ3v) is 5.27. The molecule has 0 saturated heterocycles. The van der Waals surface area contributed by atoms with Crippen molar-refractivity contribution in [1.82, 2.24) is 14.8 Å². The summed E-state index contributed by atoms with van der Waals surface area (Å²) in [7, 11) is 3.50. The zero-order valence-corrected chi connectivity index (χ0v) is 17.4. The van der Waals surface area contributed by atoms with Crippen molar-refractivity contribution in [2.24, 2.45) is 0 Å². The topological polar surface area (TPSA) is 67.3 Å². The summed E-state index contributed by atoms with van der Waals surface area (Å²) < 4.78 is 0. The number of hydrogen-bond donors (Lipinski definition) is 1. The first-order chi connectivity index (χ1) is 13.1. The molecule has 1 aromatic rings. The summed E-state index contributed by atoms with van der Waals surface area (Å²) in [5.74, 6) is -0.0108. The summed E-state index contributed by atoms with van der Waals surface area (Å²) >= 11 is 0. The molecule has 0 unspecified atom stereocenters. The van der Waals surface area contributed by atoms with Crippen LogP contribution in [0, 0.1) is 0 Å². The molecule has 2 aliphatic heterocycles. The molecule has 7 heteroatoms. The van der Waals surface area contributed by atoms with Crippen LogP contribution in [0.25, 0.3) is 0 Å². The van der Waals surface area contributed by atoms with Gasteiger partial charge in [0, 0.05) is 44.9 Å². The molecule has 3 rings (SSSR count). The van der Waals surface area contributed by atoms with E-state index >= 15 is 0 Å². The van der Waals surface area contributed by atoms with E-state index in [1.54, 1.807) is 19.0 Å². The largest absolute Gasteiger partial charge is 0.465 e. The zero-order valence-electron chi connectivity index (χ0n) is 17.4. The predicted molar refractivity (Wildman–Crippen MR) is 109 cm³/mol. The minimum absolute atomic E-state index is 0.0108. The van der Waals surface area contributed by atoms with E-state index in [9.17, 15) is 14.7 Å². The molecule has 0 spiro atoms. The summed E-state index contributed by atoms with van der Waals surface area (Å²) in [6, 6.07) is 7.72. The molecule has 28 heavy (non-hydrogen) atoms. The average molecular weight is 386 g/mol. The molecule has 152 valence electrons. The highest BCUT2D eigenvalue weighted by molar-refractivity contribution is 5.94. The summed E-state index contributed by atoms with van der Waals surface area (Å²) in [6.07, 6.45) is 0.621. The minimum Gasteiger partial charge on any atom is -0.465 e. The van der Waals surface area contributed by atoms with Crippen LogP contribution in [0.2, 0.25) is 0 Å². The highest BCUT2D eigenvalue weighted by Crippen LogP contribution is 2.38. The Balaban J connectivity index is 1.87. The number of carboxylic acid groups (broad SMARTS) is 1. The molecule has 0 saturated carbocycles. The van der Waals surface area contributed by atoms with Gasteiger partial charge in [-0.1, -0.05) is 0 Å². The van der Waals surface area contributed by atoms with E-state index < -0.39 is 6.09 Å². The van der Waals surface area contributed by atoms with Gasteiger partial charge in [-0.15, -0.1) is 0 Å². The van der Waals surface area contributed by atoms with Crippen molar-refractivity contribution >= 4 is 17.7 Å². The number of carbonyl (C=O) groups is 2. The van der Waals surface area contributed by atoms with Crippen LogP contribution in [0.5, 0.6) is 0 Å². The SMILES string of the molecule is CN(C)C(=O)c1ccc(N2CC3=C(CCN(C(=O)O)CC3)N2C(C)(C)C)cc1. The van der Waals surface area contributed by atoms with E-state index in [4.69, 9.17) is 0 Å². The molecule has 7 nitrogen and oxygen atoms in total. The molecule has 0 fully saturated rings. The van der Waals surface area contributed by atoms with Crippen molar-refractivity contribution in [3.8, 4) is 0 Å². The van der Waals surface area contributed by atoms with Crippen LogP contribution in [0.15, 0.2) is 35.5 Å². The Kier molecular flexibility index (Phi) is 5.28. The Morgan fingerprint density at radius 2 is 1.64 bits per heavy atom. The van der Waals surface area contributed by atoms with Gasteiger partial charge in [0.15, 0.2) is 0 Å². The third kappa shape index (κ3) is 3.79. The van der Waals surface area contributed by atoms with Gasteiger partial charge in [-0.2, -0.15) is 0 Å². The monoisotopic (exact) mass is 386 g/mol. The Morgan fingerprint density at radius 1 is 1.04 bits per heavy atom. The van der Waals surface area contributed by atoms with Gasteiger partial charge in [-0.05, 0) is 57.0 Å².